The molecule has 0 saturated carbocycles. The summed E-state index contributed by atoms with van der Waals surface area (Å²) < 4.78 is 0. The third-order valence-corrected chi connectivity index (χ3v) is 3.33. The van der Waals surface area contributed by atoms with E-state index in [1.807, 2.05) is 25.1 Å². The first kappa shape index (κ1) is 14.7. The number of para-hydroxylation sites is 1. The highest BCUT2D eigenvalue weighted by molar-refractivity contribution is 5.94. The molecular weight excluding hydrogens is 226 g/mol. The van der Waals surface area contributed by atoms with E-state index in [2.05, 4.69) is 19.2 Å². The van der Waals surface area contributed by atoms with E-state index in [-0.39, 0.29) is 18.4 Å². The van der Waals surface area contributed by atoms with Gasteiger partial charge in [-0.05, 0) is 30.4 Å². The summed E-state index contributed by atoms with van der Waals surface area (Å²) in [5.41, 5.74) is 3.23. The molecular formula is C15H23NO2. The van der Waals surface area contributed by atoms with Gasteiger partial charge in [0, 0.05) is 5.69 Å². The molecule has 1 aromatic carbocycles. The zero-order valence-electron chi connectivity index (χ0n) is 11.5. The summed E-state index contributed by atoms with van der Waals surface area (Å²) in [5, 5.41) is 12.2. The van der Waals surface area contributed by atoms with E-state index in [4.69, 9.17) is 5.11 Å². The van der Waals surface area contributed by atoms with E-state index in [0.717, 1.165) is 29.7 Å². The lowest BCUT2D eigenvalue weighted by molar-refractivity contribution is -0.121. The normalized spacial score (nSPS) is 12.2. The van der Waals surface area contributed by atoms with Crippen LogP contribution < -0.4 is 5.32 Å². The van der Waals surface area contributed by atoms with E-state index in [1.54, 1.807) is 0 Å². The lowest BCUT2D eigenvalue weighted by Gasteiger charge is -2.17. The number of nitrogens with one attached hydrogen (secondary N) is 1. The molecule has 1 atom stereocenters. The molecule has 0 heterocycles. The van der Waals surface area contributed by atoms with Crippen LogP contribution in [-0.2, 0) is 17.6 Å². The minimum absolute atomic E-state index is 0.0874. The van der Waals surface area contributed by atoms with Crippen LogP contribution in [-0.4, -0.2) is 17.6 Å². The van der Waals surface area contributed by atoms with Gasteiger partial charge in [-0.1, -0.05) is 39.0 Å². The SMILES string of the molecule is CCc1cccc(CC)c1NC(=O)C(CC)CO. The van der Waals surface area contributed by atoms with Gasteiger partial charge in [0.15, 0.2) is 0 Å². The molecule has 100 valence electrons. The van der Waals surface area contributed by atoms with E-state index in [9.17, 15) is 4.79 Å². The van der Waals surface area contributed by atoms with Crippen LogP contribution in [0.25, 0.3) is 0 Å². The first-order valence-electron chi connectivity index (χ1n) is 6.70. The zero-order valence-corrected chi connectivity index (χ0v) is 11.5. The van der Waals surface area contributed by atoms with Crippen molar-refractivity contribution in [2.45, 2.75) is 40.0 Å². The average molecular weight is 249 g/mol. The van der Waals surface area contributed by atoms with Crippen molar-refractivity contribution in [3.63, 3.8) is 0 Å². The van der Waals surface area contributed by atoms with Gasteiger partial charge >= 0.3 is 0 Å². The fraction of sp³-hybridized carbons (Fsp3) is 0.533. The second-order valence-electron chi connectivity index (χ2n) is 4.44. The quantitative estimate of drug-likeness (QED) is 0.814. The number of hydrogen-bond acceptors (Lipinski definition) is 2. The number of amides is 1. The monoisotopic (exact) mass is 249 g/mol. The largest absolute Gasteiger partial charge is 0.396 e. The smallest absolute Gasteiger partial charge is 0.229 e. The molecule has 1 amide bonds. The van der Waals surface area contributed by atoms with Crippen molar-refractivity contribution < 1.29 is 9.90 Å². The molecule has 0 aliphatic rings. The Bertz CT molecular complexity index is 375. The van der Waals surface area contributed by atoms with Gasteiger partial charge in [0.2, 0.25) is 5.91 Å². The molecule has 0 spiro atoms. The van der Waals surface area contributed by atoms with Crippen LogP contribution >= 0.6 is 0 Å². The van der Waals surface area contributed by atoms with Crippen LogP contribution in [0.15, 0.2) is 18.2 Å². The molecule has 0 bridgehead atoms. The van der Waals surface area contributed by atoms with Crippen molar-refractivity contribution >= 4 is 11.6 Å². The first-order chi connectivity index (χ1) is 8.67. The van der Waals surface area contributed by atoms with Crippen molar-refractivity contribution in [3.8, 4) is 0 Å². The Labute approximate surface area is 109 Å². The van der Waals surface area contributed by atoms with E-state index < -0.39 is 0 Å². The zero-order chi connectivity index (χ0) is 13.5. The highest BCUT2D eigenvalue weighted by atomic mass is 16.3. The second-order valence-corrected chi connectivity index (χ2v) is 4.44. The Hall–Kier alpha value is -1.35. The maximum Gasteiger partial charge on any atom is 0.229 e. The molecule has 0 aromatic heterocycles. The number of hydrogen-bond donors (Lipinski definition) is 2. The van der Waals surface area contributed by atoms with Crippen LogP contribution in [0, 0.1) is 5.92 Å². The molecule has 0 aliphatic carbocycles. The number of rotatable bonds is 6. The number of benzene rings is 1. The summed E-state index contributed by atoms with van der Waals surface area (Å²) in [6.45, 7) is 5.96. The van der Waals surface area contributed by atoms with Crippen LogP contribution in [0.3, 0.4) is 0 Å². The summed E-state index contributed by atoms with van der Waals surface area (Å²) in [7, 11) is 0. The molecule has 1 aromatic rings. The molecule has 1 unspecified atom stereocenters. The van der Waals surface area contributed by atoms with E-state index in [1.165, 1.54) is 0 Å². The van der Waals surface area contributed by atoms with Gasteiger partial charge in [-0.3, -0.25) is 4.79 Å². The lowest BCUT2D eigenvalue weighted by atomic mass is 10.0. The summed E-state index contributed by atoms with van der Waals surface area (Å²) in [5.74, 6) is -0.407. The third kappa shape index (κ3) is 3.33. The van der Waals surface area contributed by atoms with Crippen molar-refractivity contribution in [2.75, 3.05) is 11.9 Å². The Balaban J connectivity index is 2.98. The molecule has 3 nitrogen and oxygen atoms in total. The minimum atomic E-state index is -0.320. The van der Waals surface area contributed by atoms with Gasteiger partial charge in [0.1, 0.15) is 0 Å². The van der Waals surface area contributed by atoms with Crippen molar-refractivity contribution in [1.82, 2.24) is 0 Å². The van der Waals surface area contributed by atoms with Crippen molar-refractivity contribution in [3.05, 3.63) is 29.3 Å². The van der Waals surface area contributed by atoms with Gasteiger partial charge in [0.25, 0.3) is 0 Å². The summed E-state index contributed by atoms with van der Waals surface area (Å²) >= 11 is 0. The molecule has 1 rings (SSSR count). The number of carbonyl (C=O) groups is 1. The van der Waals surface area contributed by atoms with Gasteiger partial charge in [0.05, 0.1) is 12.5 Å². The van der Waals surface area contributed by atoms with Gasteiger partial charge in [-0.2, -0.15) is 0 Å². The Kier molecular flexibility index (Phi) is 5.86. The van der Waals surface area contributed by atoms with Crippen molar-refractivity contribution in [2.24, 2.45) is 5.92 Å². The number of anilines is 1. The Morgan fingerprint density at radius 2 is 1.78 bits per heavy atom. The van der Waals surface area contributed by atoms with E-state index >= 15 is 0 Å². The summed E-state index contributed by atoms with van der Waals surface area (Å²) in [4.78, 5) is 12.0. The standard InChI is InChI=1S/C15H23NO2/c1-4-11-8-7-9-12(5-2)14(11)16-15(18)13(6-3)10-17/h7-9,13,17H,4-6,10H2,1-3H3,(H,16,18). The maximum atomic E-state index is 12.0. The summed E-state index contributed by atoms with van der Waals surface area (Å²) in [6, 6.07) is 6.10. The predicted octanol–water partition coefficient (Wildman–Crippen LogP) is 2.77. The van der Waals surface area contributed by atoms with Crippen LogP contribution in [0.4, 0.5) is 5.69 Å². The van der Waals surface area contributed by atoms with Gasteiger partial charge < -0.3 is 10.4 Å². The third-order valence-electron chi connectivity index (χ3n) is 3.33. The molecule has 2 N–H and O–H groups in total. The number of aryl methyl sites for hydroxylation is 2. The highest BCUT2D eigenvalue weighted by Gasteiger charge is 2.17. The fourth-order valence-electron chi connectivity index (χ4n) is 2.03. The van der Waals surface area contributed by atoms with Crippen LogP contribution in [0.2, 0.25) is 0 Å². The van der Waals surface area contributed by atoms with Gasteiger partial charge in [-0.25, -0.2) is 0 Å². The molecule has 0 saturated heterocycles. The predicted molar refractivity (Wildman–Crippen MR) is 74.7 cm³/mol. The van der Waals surface area contributed by atoms with Crippen LogP contribution in [0.1, 0.15) is 38.3 Å². The topological polar surface area (TPSA) is 49.3 Å². The number of aliphatic hydroxyl groups is 1. The number of carbonyl (C=O) groups excluding carboxylic acids is 1. The molecule has 0 aliphatic heterocycles. The number of aliphatic hydroxyl groups excluding tert-OH is 1. The Morgan fingerprint density at radius 3 is 2.17 bits per heavy atom. The average Bonchev–Trinajstić information content (AvgIpc) is 2.40. The maximum absolute atomic E-state index is 12.0. The first-order valence-corrected chi connectivity index (χ1v) is 6.70. The van der Waals surface area contributed by atoms with Crippen LogP contribution in [0.5, 0.6) is 0 Å². The fourth-order valence-corrected chi connectivity index (χ4v) is 2.03. The molecule has 18 heavy (non-hydrogen) atoms. The molecule has 0 radical (unpaired) electrons. The van der Waals surface area contributed by atoms with Gasteiger partial charge in [-0.15, -0.1) is 0 Å². The Morgan fingerprint density at radius 1 is 1.22 bits per heavy atom. The minimum Gasteiger partial charge on any atom is -0.396 e. The summed E-state index contributed by atoms with van der Waals surface area (Å²) in [6.07, 6.45) is 2.43. The lowest BCUT2D eigenvalue weighted by Crippen LogP contribution is -2.26. The second kappa shape index (κ2) is 7.17. The van der Waals surface area contributed by atoms with Crippen molar-refractivity contribution in [1.29, 1.82) is 0 Å². The highest BCUT2D eigenvalue weighted by Crippen LogP contribution is 2.23. The molecule has 3 heteroatoms. The van der Waals surface area contributed by atoms with E-state index in [0.29, 0.717) is 6.42 Å². The molecule has 0 fully saturated rings.